The van der Waals surface area contributed by atoms with E-state index in [1.54, 1.807) is 0 Å². The zero-order valence-corrected chi connectivity index (χ0v) is 41.1. The number of aromatic hydroxyl groups is 1. The van der Waals surface area contributed by atoms with E-state index in [-0.39, 0.29) is 43.1 Å². The number of phenols is 1. The number of fused-ring (bicyclic) bond motifs is 2. The monoisotopic (exact) mass is 1040 g/mol. The topological polar surface area (TPSA) is 63.6 Å². The zero-order chi connectivity index (χ0) is 45.2. The Balaban J connectivity index is 0.00000511. The maximum absolute atomic E-state index is 12.6. The van der Waals surface area contributed by atoms with Crippen LogP contribution < -0.4 is 0 Å². The van der Waals surface area contributed by atoms with Gasteiger partial charge < -0.3 is 9.52 Å². The first-order chi connectivity index (χ1) is 31.0. The molecule has 0 aliphatic heterocycles. The molecule has 0 saturated heterocycles. The summed E-state index contributed by atoms with van der Waals surface area (Å²) < 4.78 is 9.21. The summed E-state index contributed by atoms with van der Waals surface area (Å²) in [6, 6.07) is 53.1. The quantitative estimate of drug-likeness (QED) is 0.175. The van der Waals surface area contributed by atoms with Gasteiger partial charge in [-0.1, -0.05) is 171 Å². The van der Waals surface area contributed by atoms with Crippen molar-refractivity contribution in [2.75, 3.05) is 0 Å². The molecule has 0 aliphatic rings. The van der Waals surface area contributed by atoms with Crippen molar-refractivity contribution in [1.29, 1.82) is 0 Å². The van der Waals surface area contributed by atoms with E-state index in [0.29, 0.717) is 11.4 Å². The van der Waals surface area contributed by atoms with Gasteiger partial charge in [-0.25, -0.2) is 4.98 Å². The first-order valence-corrected chi connectivity index (χ1v) is 22.6. The summed E-state index contributed by atoms with van der Waals surface area (Å²) >= 11 is 0. The Morgan fingerprint density at radius 2 is 1.21 bits per heavy atom. The van der Waals surface area contributed by atoms with E-state index in [4.69, 9.17) is 14.4 Å². The minimum absolute atomic E-state index is 0. The Labute approximate surface area is 400 Å². The van der Waals surface area contributed by atoms with Gasteiger partial charge in [-0.15, -0.1) is 29.3 Å². The molecular weight excluding hydrogens is 990 g/mol. The number of imidazole rings is 1. The predicted molar refractivity (Wildman–Crippen MR) is 270 cm³/mol. The van der Waals surface area contributed by atoms with Crippen molar-refractivity contribution in [1.82, 2.24) is 14.4 Å². The van der Waals surface area contributed by atoms with E-state index in [1.165, 1.54) is 5.56 Å². The van der Waals surface area contributed by atoms with Crippen LogP contribution in [0.15, 0.2) is 150 Å². The molecule has 11 aromatic rings. The van der Waals surface area contributed by atoms with Crippen LogP contribution >= 0.6 is 0 Å². The largest absolute Gasteiger partial charge is 0.507 e. The van der Waals surface area contributed by atoms with Crippen molar-refractivity contribution in [3.8, 4) is 61.8 Å². The summed E-state index contributed by atoms with van der Waals surface area (Å²) in [6.07, 6.45) is 1.89. The summed E-state index contributed by atoms with van der Waals surface area (Å²) in [4.78, 5) is 10.7. The SMILES string of the molecule is CC(C)(C)c1cc(-c2cc(-c3ccccc3)ccn2)[c-]c(-c2ccc3c4ccc(-c5ccccc5)c5oc6cccc(c6c54)n4c(-c5cc(C(C)(C)C)cc(C(C)(C)C)c5O)nc2c34)c1.[Pt]. The van der Waals surface area contributed by atoms with Crippen molar-refractivity contribution in [2.24, 2.45) is 0 Å². The van der Waals surface area contributed by atoms with Gasteiger partial charge in [0.05, 0.1) is 27.5 Å². The van der Waals surface area contributed by atoms with Gasteiger partial charge >= 0.3 is 0 Å². The van der Waals surface area contributed by atoms with Gasteiger partial charge in [0.2, 0.25) is 0 Å². The smallest absolute Gasteiger partial charge is 0.148 e. The summed E-state index contributed by atoms with van der Waals surface area (Å²) in [6.45, 7) is 19.9. The minimum Gasteiger partial charge on any atom is -0.507 e. The number of hydrogen-bond acceptors (Lipinski definition) is 4. The van der Waals surface area contributed by atoms with Gasteiger partial charge in [-0.2, -0.15) is 0 Å². The standard InChI is InChI=1S/C60H52N3O2.Pt/c1-58(2,3)40-30-38(29-39(31-40)48-32-37(27-28-61-48)35-17-12-10-13-18-35)42-23-26-45-44-25-24-43(36-19-14-11-15-20-36)56-51(44)52-49(21-16-22-50(52)65-56)63-54(45)53(42)62-57(63)46-33-41(59(4,5)6)34-47(55(46)64)60(7,8)9;/h10-28,30-34,64H,1-9H3;/q-1;. The van der Waals surface area contributed by atoms with E-state index in [1.807, 2.05) is 18.3 Å². The number of aromatic nitrogens is 3. The molecule has 0 spiro atoms. The number of pyridine rings is 1. The fraction of sp³-hybridized carbons (Fsp3) is 0.200. The zero-order valence-electron chi connectivity index (χ0n) is 38.9. The van der Waals surface area contributed by atoms with Crippen LogP contribution in [-0.2, 0) is 37.3 Å². The Kier molecular flexibility index (Phi) is 10.2. The Hall–Kier alpha value is -6.55. The van der Waals surface area contributed by atoms with E-state index >= 15 is 0 Å². The van der Waals surface area contributed by atoms with Crippen molar-refractivity contribution in [2.45, 2.75) is 78.6 Å². The Bertz CT molecular complexity index is 3660. The third-order valence-corrected chi connectivity index (χ3v) is 13.2. The fourth-order valence-corrected chi connectivity index (χ4v) is 9.67. The van der Waals surface area contributed by atoms with E-state index in [0.717, 1.165) is 105 Å². The fourth-order valence-electron chi connectivity index (χ4n) is 9.67. The van der Waals surface area contributed by atoms with Crippen LogP contribution in [0.25, 0.3) is 105 Å². The van der Waals surface area contributed by atoms with E-state index in [2.05, 4.69) is 200 Å². The van der Waals surface area contributed by atoms with Crippen molar-refractivity contribution < 1.29 is 30.6 Å². The number of furan rings is 1. The van der Waals surface area contributed by atoms with Crippen LogP contribution in [0.2, 0.25) is 0 Å². The number of nitrogens with zero attached hydrogens (tertiary/aromatic N) is 3. The van der Waals surface area contributed by atoms with Crippen LogP contribution in [0.1, 0.15) is 79.0 Å². The minimum atomic E-state index is -0.341. The van der Waals surface area contributed by atoms with Crippen molar-refractivity contribution in [3.63, 3.8) is 0 Å². The van der Waals surface area contributed by atoms with Gasteiger partial charge in [-0.05, 0) is 74.2 Å². The van der Waals surface area contributed by atoms with Crippen LogP contribution in [0, 0.1) is 6.07 Å². The van der Waals surface area contributed by atoms with Crippen LogP contribution in [0.3, 0.4) is 0 Å². The first kappa shape index (κ1) is 43.3. The second-order valence-corrected chi connectivity index (χ2v) is 20.8. The van der Waals surface area contributed by atoms with Crippen LogP contribution in [-0.4, -0.2) is 19.5 Å². The molecule has 6 heteroatoms. The van der Waals surface area contributed by atoms with Gasteiger partial charge in [0, 0.05) is 54.9 Å². The van der Waals surface area contributed by atoms with Crippen LogP contribution in [0.4, 0.5) is 0 Å². The Morgan fingerprint density at radius 1 is 0.561 bits per heavy atom. The molecule has 0 saturated carbocycles. The average Bonchev–Trinajstić information content (AvgIpc) is 3.85. The number of benzene rings is 7. The molecule has 4 heterocycles. The van der Waals surface area contributed by atoms with Crippen molar-refractivity contribution >= 4 is 49.3 Å². The molecule has 1 N–H and O–H groups in total. The van der Waals surface area contributed by atoms with E-state index in [9.17, 15) is 5.11 Å². The number of hydrogen-bond donors (Lipinski definition) is 1. The molecule has 7 aromatic carbocycles. The molecule has 66 heavy (non-hydrogen) atoms. The molecule has 0 unspecified atom stereocenters. The molecule has 5 nitrogen and oxygen atoms in total. The molecule has 0 atom stereocenters. The third kappa shape index (κ3) is 7.02. The summed E-state index contributed by atoms with van der Waals surface area (Å²) in [5.74, 6) is 0.913. The van der Waals surface area contributed by atoms with Crippen LogP contribution in [0.5, 0.6) is 5.75 Å². The second-order valence-electron chi connectivity index (χ2n) is 20.8. The molecule has 0 radical (unpaired) electrons. The molecule has 0 bridgehead atoms. The molecule has 0 aliphatic carbocycles. The number of rotatable bonds is 5. The summed E-state index contributed by atoms with van der Waals surface area (Å²) in [5.41, 5.74) is 15.6. The van der Waals surface area contributed by atoms with Gasteiger partial charge in [0.25, 0.3) is 0 Å². The van der Waals surface area contributed by atoms with Gasteiger partial charge in [0.1, 0.15) is 22.7 Å². The second kappa shape index (κ2) is 15.5. The summed E-state index contributed by atoms with van der Waals surface area (Å²) in [7, 11) is 0. The predicted octanol–water partition coefficient (Wildman–Crippen LogP) is 16.1. The molecular formula is C60H52N3O2Pt-. The Morgan fingerprint density at radius 3 is 1.91 bits per heavy atom. The number of phenolic OH excluding ortho intramolecular Hbond substituents is 1. The maximum Gasteiger partial charge on any atom is 0.148 e. The van der Waals surface area contributed by atoms with Gasteiger partial charge in [0.15, 0.2) is 0 Å². The van der Waals surface area contributed by atoms with E-state index < -0.39 is 0 Å². The summed E-state index contributed by atoms with van der Waals surface area (Å²) in [5, 5.41) is 16.8. The molecule has 11 rings (SSSR count). The molecule has 330 valence electrons. The molecule has 0 amide bonds. The normalized spacial score (nSPS) is 12.6. The average molecular weight is 1040 g/mol. The maximum atomic E-state index is 12.6. The first-order valence-electron chi connectivity index (χ1n) is 22.6. The molecule has 0 fully saturated rings. The van der Waals surface area contributed by atoms with Gasteiger partial charge in [-0.3, -0.25) is 9.38 Å². The molecule has 4 aromatic heterocycles. The van der Waals surface area contributed by atoms with Crippen molar-refractivity contribution in [3.05, 3.63) is 168 Å². The third-order valence-electron chi connectivity index (χ3n) is 13.2.